The summed E-state index contributed by atoms with van der Waals surface area (Å²) < 4.78 is 17.7. The van der Waals surface area contributed by atoms with E-state index in [9.17, 15) is 0 Å². The van der Waals surface area contributed by atoms with Gasteiger partial charge < -0.3 is 14.2 Å². The quantitative estimate of drug-likeness (QED) is 0.290. The van der Waals surface area contributed by atoms with Gasteiger partial charge in [-0.15, -0.1) is 0 Å². The summed E-state index contributed by atoms with van der Waals surface area (Å²) in [7, 11) is 0. The van der Waals surface area contributed by atoms with E-state index in [1.54, 1.807) is 0 Å². The zero-order valence-corrected chi connectivity index (χ0v) is 14.2. The molecule has 0 saturated heterocycles. The first-order chi connectivity index (χ1) is 9.93. The normalized spacial score (nSPS) is 10.8. The minimum atomic E-state index is 0.630. The smallest absolute Gasteiger partial charge is 0.0718 e. The van der Waals surface area contributed by atoms with Crippen molar-refractivity contribution in [1.82, 2.24) is 0 Å². The van der Waals surface area contributed by atoms with E-state index in [-0.39, 0.29) is 0 Å². The Hall–Kier alpha value is -0.170. The Bertz CT molecular complexity index is 306. The van der Waals surface area contributed by atoms with E-state index in [2.05, 4.69) is 34.7 Å². The molecule has 0 aromatic heterocycles. The van der Waals surface area contributed by atoms with Crippen molar-refractivity contribution >= 4 is 22.6 Å². The van der Waals surface area contributed by atoms with Crippen LogP contribution >= 0.6 is 22.6 Å². The molecule has 114 valence electrons. The lowest BCUT2D eigenvalue weighted by Gasteiger charge is -2.07. The number of halogens is 1. The van der Waals surface area contributed by atoms with Crippen molar-refractivity contribution < 1.29 is 14.2 Å². The minimum Gasteiger partial charge on any atom is -0.379 e. The second kappa shape index (κ2) is 13.8. The monoisotopic (exact) mass is 392 g/mol. The third-order valence-corrected chi connectivity index (χ3v) is 3.54. The maximum Gasteiger partial charge on any atom is 0.0718 e. The predicted molar refractivity (Wildman–Crippen MR) is 90.5 cm³/mol. The van der Waals surface area contributed by atoms with Gasteiger partial charge in [0.15, 0.2) is 0 Å². The Morgan fingerprint density at radius 1 is 0.700 bits per heavy atom. The maximum atomic E-state index is 5.53. The predicted octanol–water partition coefficient (Wildman–Crippen LogP) is 3.84. The fourth-order valence-corrected chi connectivity index (χ4v) is 2.22. The van der Waals surface area contributed by atoms with Crippen LogP contribution in [0.5, 0.6) is 0 Å². The first-order valence-electron chi connectivity index (χ1n) is 7.26. The number of unbranched alkanes of at least 4 members (excludes halogenated alkanes) is 2. The standard InChI is InChI=1S/C16H25IO3/c17-9-5-2-6-10-18-11-12-19-13-14-20-15-16-7-3-1-4-8-16/h1,3-4,7-8H,2,5-6,9-15H2. The van der Waals surface area contributed by atoms with Gasteiger partial charge in [-0.1, -0.05) is 59.3 Å². The van der Waals surface area contributed by atoms with Gasteiger partial charge in [-0.3, -0.25) is 0 Å². The molecule has 0 amide bonds. The molecule has 0 aliphatic carbocycles. The lowest BCUT2D eigenvalue weighted by atomic mass is 10.2. The van der Waals surface area contributed by atoms with E-state index in [1.165, 1.54) is 22.8 Å². The molecular formula is C16H25IO3. The second-order valence-corrected chi connectivity index (χ2v) is 5.59. The van der Waals surface area contributed by atoms with Gasteiger partial charge in [0.25, 0.3) is 0 Å². The highest BCUT2D eigenvalue weighted by Gasteiger charge is 1.93. The first-order valence-corrected chi connectivity index (χ1v) is 8.79. The summed E-state index contributed by atoms with van der Waals surface area (Å²) in [4.78, 5) is 0. The van der Waals surface area contributed by atoms with Gasteiger partial charge in [-0.2, -0.15) is 0 Å². The number of hydrogen-bond donors (Lipinski definition) is 0. The molecule has 0 aliphatic rings. The zero-order chi connectivity index (χ0) is 14.3. The lowest BCUT2D eigenvalue weighted by molar-refractivity contribution is 0.0101. The fourth-order valence-electron chi connectivity index (χ4n) is 1.68. The minimum absolute atomic E-state index is 0.630. The van der Waals surface area contributed by atoms with E-state index in [0.717, 1.165) is 13.0 Å². The summed E-state index contributed by atoms with van der Waals surface area (Å²) >= 11 is 2.41. The van der Waals surface area contributed by atoms with Crippen LogP contribution in [0, 0.1) is 0 Å². The van der Waals surface area contributed by atoms with Gasteiger partial charge in [0, 0.05) is 6.61 Å². The number of ether oxygens (including phenoxy) is 3. The van der Waals surface area contributed by atoms with Gasteiger partial charge in [0.05, 0.1) is 33.0 Å². The van der Waals surface area contributed by atoms with E-state index < -0.39 is 0 Å². The van der Waals surface area contributed by atoms with Crippen LogP contribution in [0.4, 0.5) is 0 Å². The van der Waals surface area contributed by atoms with Crippen molar-refractivity contribution in [3.8, 4) is 0 Å². The molecule has 3 nitrogen and oxygen atoms in total. The molecule has 0 radical (unpaired) electrons. The molecule has 4 heteroatoms. The molecule has 0 unspecified atom stereocenters. The first kappa shape index (κ1) is 17.9. The number of alkyl halides is 1. The Morgan fingerprint density at radius 3 is 2.05 bits per heavy atom. The Labute approximate surface area is 136 Å². The molecule has 0 aliphatic heterocycles. The number of benzene rings is 1. The molecule has 0 spiro atoms. The molecule has 1 aromatic rings. The number of rotatable bonds is 13. The van der Waals surface area contributed by atoms with E-state index in [1.807, 2.05) is 18.2 Å². The van der Waals surface area contributed by atoms with Crippen molar-refractivity contribution in [3.05, 3.63) is 35.9 Å². The average Bonchev–Trinajstić information content (AvgIpc) is 2.49. The van der Waals surface area contributed by atoms with Gasteiger partial charge in [0.1, 0.15) is 0 Å². The van der Waals surface area contributed by atoms with Crippen molar-refractivity contribution in [3.63, 3.8) is 0 Å². The van der Waals surface area contributed by atoms with Crippen molar-refractivity contribution in [2.75, 3.05) is 37.5 Å². The van der Waals surface area contributed by atoms with E-state index >= 15 is 0 Å². The van der Waals surface area contributed by atoms with Gasteiger partial charge >= 0.3 is 0 Å². The molecule has 1 aromatic carbocycles. The third kappa shape index (κ3) is 10.6. The van der Waals surface area contributed by atoms with Crippen LogP contribution < -0.4 is 0 Å². The van der Waals surface area contributed by atoms with Crippen molar-refractivity contribution in [2.45, 2.75) is 25.9 Å². The highest BCUT2D eigenvalue weighted by atomic mass is 127. The Kier molecular flexibility index (Phi) is 12.3. The summed E-state index contributed by atoms with van der Waals surface area (Å²) in [6.45, 7) is 4.10. The molecule has 0 N–H and O–H groups in total. The van der Waals surface area contributed by atoms with Crippen molar-refractivity contribution in [1.29, 1.82) is 0 Å². The van der Waals surface area contributed by atoms with Crippen LogP contribution in [0.3, 0.4) is 0 Å². The summed E-state index contributed by atoms with van der Waals surface area (Å²) in [5.41, 5.74) is 1.20. The molecular weight excluding hydrogens is 367 g/mol. The molecule has 0 bridgehead atoms. The Balaban J connectivity index is 1.77. The molecule has 20 heavy (non-hydrogen) atoms. The van der Waals surface area contributed by atoms with Crippen LogP contribution in [0.25, 0.3) is 0 Å². The largest absolute Gasteiger partial charge is 0.379 e. The van der Waals surface area contributed by atoms with E-state index in [0.29, 0.717) is 33.0 Å². The molecule has 1 rings (SSSR count). The van der Waals surface area contributed by atoms with Crippen molar-refractivity contribution in [2.24, 2.45) is 0 Å². The molecule has 0 heterocycles. The topological polar surface area (TPSA) is 27.7 Å². The van der Waals surface area contributed by atoms with Crippen LogP contribution in [-0.4, -0.2) is 37.5 Å². The summed E-state index contributed by atoms with van der Waals surface area (Å²) in [6, 6.07) is 10.2. The molecule has 0 saturated carbocycles. The number of hydrogen-bond acceptors (Lipinski definition) is 3. The van der Waals surface area contributed by atoms with Crippen LogP contribution in [-0.2, 0) is 20.8 Å². The molecule has 0 atom stereocenters. The summed E-state index contributed by atoms with van der Waals surface area (Å²) in [5, 5.41) is 0. The lowest BCUT2D eigenvalue weighted by Crippen LogP contribution is -2.09. The van der Waals surface area contributed by atoms with Crippen LogP contribution in [0.15, 0.2) is 30.3 Å². The highest BCUT2D eigenvalue weighted by Crippen LogP contribution is 2.00. The van der Waals surface area contributed by atoms with Crippen LogP contribution in [0.1, 0.15) is 24.8 Å². The molecule has 0 fully saturated rings. The second-order valence-electron chi connectivity index (χ2n) is 4.51. The van der Waals surface area contributed by atoms with Gasteiger partial charge in [-0.05, 0) is 22.8 Å². The maximum absolute atomic E-state index is 5.53. The zero-order valence-electron chi connectivity index (χ0n) is 12.1. The van der Waals surface area contributed by atoms with Crippen LogP contribution in [0.2, 0.25) is 0 Å². The average molecular weight is 392 g/mol. The van der Waals surface area contributed by atoms with Gasteiger partial charge in [0.2, 0.25) is 0 Å². The SMILES string of the molecule is ICCCCCOCCOCCOCc1ccccc1. The van der Waals surface area contributed by atoms with Gasteiger partial charge in [-0.25, -0.2) is 0 Å². The summed E-state index contributed by atoms with van der Waals surface area (Å²) in [5.74, 6) is 0. The summed E-state index contributed by atoms with van der Waals surface area (Å²) in [6.07, 6.45) is 3.71. The highest BCUT2D eigenvalue weighted by molar-refractivity contribution is 14.1. The third-order valence-electron chi connectivity index (χ3n) is 2.78. The Morgan fingerprint density at radius 2 is 1.35 bits per heavy atom. The van der Waals surface area contributed by atoms with E-state index in [4.69, 9.17) is 14.2 Å². The fraction of sp³-hybridized carbons (Fsp3) is 0.625.